The van der Waals surface area contributed by atoms with Crippen molar-refractivity contribution in [3.8, 4) is 11.3 Å². The second-order valence-electron chi connectivity index (χ2n) is 5.58. The van der Waals surface area contributed by atoms with Crippen molar-refractivity contribution in [3.63, 3.8) is 0 Å². The summed E-state index contributed by atoms with van der Waals surface area (Å²) < 4.78 is 5.25. The Kier molecular flexibility index (Phi) is 3.75. The van der Waals surface area contributed by atoms with Crippen LogP contribution < -0.4 is 5.32 Å². The van der Waals surface area contributed by atoms with Crippen LogP contribution >= 0.6 is 0 Å². The maximum absolute atomic E-state index is 11.8. The Hall–Kier alpha value is -2.14. The zero-order chi connectivity index (χ0) is 14.7. The van der Waals surface area contributed by atoms with Gasteiger partial charge in [-0.25, -0.2) is 0 Å². The van der Waals surface area contributed by atoms with Gasteiger partial charge in [-0.3, -0.25) is 4.79 Å². The zero-order valence-electron chi connectivity index (χ0n) is 11.7. The van der Waals surface area contributed by atoms with Crippen molar-refractivity contribution < 1.29 is 14.4 Å². The van der Waals surface area contributed by atoms with Gasteiger partial charge in [-0.1, -0.05) is 35.5 Å². The number of carbonyl (C=O) groups is 1. The molecule has 1 aromatic carbocycles. The molecule has 0 spiro atoms. The van der Waals surface area contributed by atoms with Gasteiger partial charge >= 0.3 is 0 Å². The van der Waals surface area contributed by atoms with E-state index in [1.54, 1.807) is 6.07 Å². The lowest BCUT2D eigenvalue weighted by Crippen LogP contribution is -2.48. The fourth-order valence-electron chi connectivity index (χ4n) is 2.39. The molecule has 0 saturated heterocycles. The Balaban J connectivity index is 1.56. The van der Waals surface area contributed by atoms with Crippen molar-refractivity contribution >= 4 is 5.91 Å². The van der Waals surface area contributed by atoms with E-state index in [1.165, 1.54) is 0 Å². The topological polar surface area (TPSA) is 75.4 Å². The fourth-order valence-corrected chi connectivity index (χ4v) is 2.39. The minimum Gasteiger partial charge on any atom is -0.388 e. The molecular weight excluding hydrogens is 268 g/mol. The van der Waals surface area contributed by atoms with E-state index in [2.05, 4.69) is 10.5 Å². The molecule has 1 aliphatic carbocycles. The molecule has 1 fully saturated rings. The van der Waals surface area contributed by atoms with Crippen molar-refractivity contribution in [1.82, 2.24) is 10.5 Å². The lowest BCUT2D eigenvalue weighted by atomic mass is 9.80. The first-order valence-electron chi connectivity index (χ1n) is 7.15. The van der Waals surface area contributed by atoms with E-state index < -0.39 is 5.60 Å². The van der Waals surface area contributed by atoms with Crippen LogP contribution in [-0.4, -0.2) is 28.3 Å². The number of benzene rings is 1. The minimum absolute atomic E-state index is 0.150. The standard InChI is InChI=1S/C16H18N2O3/c19-15(17-11-16(20)7-4-8-16)10-13-9-14(21-18-13)12-5-2-1-3-6-12/h1-3,5-6,9,20H,4,7-8,10-11H2,(H,17,19). The summed E-state index contributed by atoms with van der Waals surface area (Å²) in [5, 5.41) is 16.6. The summed E-state index contributed by atoms with van der Waals surface area (Å²) in [6, 6.07) is 11.4. The van der Waals surface area contributed by atoms with Crippen LogP contribution in [0.1, 0.15) is 25.0 Å². The number of nitrogens with zero attached hydrogens (tertiary/aromatic N) is 1. The quantitative estimate of drug-likeness (QED) is 0.880. The average Bonchev–Trinajstić information content (AvgIpc) is 2.92. The highest BCUT2D eigenvalue weighted by Gasteiger charge is 2.34. The van der Waals surface area contributed by atoms with Crippen molar-refractivity contribution in [3.05, 3.63) is 42.1 Å². The molecule has 0 bridgehead atoms. The van der Waals surface area contributed by atoms with E-state index >= 15 is 0 Å². The maximum atomic E-state index is 11.8. The molecule has 0 radical (unpaired) electrons. The predicted molar refractivity (Wildman–Crippen MR) is 77.5 cm³/mol. The van der Waals surface area contributed by atoms with Gasteiger partial charge in [0, 0.05) is 18.2 Å². The lowest BCUT2D eigenvalue weighted by molar-refractivity contribution is -0.123. The first-order valence-corrected chi connectivity index (χ1v) is 7.15. The predicted octanol–water partition coefficient (Wildman–Crippen LogP) is 1.92. The Labute approximate surface area is 123 Å². The van der Waals surface area contributed by atoms with Gasteiger partial charge in [0.05, 0.1) is 17.7 Å². The molecule has 3 rings (SSSR count). The van der Waals surface area contributed by atoms with Crippen molar-refractivity contribution in [2.45, 2.75) is 31.3 Å². The van der Waals surface area contributed by atoms with E-state index in [-0.39, 0.29) is 12.3 Å². The van der Waals surface area contributed by atoms with Gasteiger partial charge in [0.1, 0.15) is 0 Å². The Bertz CT molecular complexity index is 617. The number of hydrogen-bond acceptors (Lipinski definition) is 4. The lowest BCUT2D eigenvalue weighted by Gasteiger charge is -2.36. The zero-order valence-corrected chi connectivity index (χ0v) is 11.7. The largest absolute Gasteiger partial charge is 0.388 e. The number of hydrogen-bond donors (Lipinski definition) is 2. The number of nitrogens with one attached hydrogen (secondary N) is 1. The molecule has 21 heavy (non-hydrogen) atoms. The molecule has 1 aromatic heterocycles. The van der Waals surface area contributed by atoms with Gasteiger partial charge in [-0.05, 0) is 19.3 Å². The van der Waals surface area contributed by atoms with Crippen LogP contribution in [0.3, 0.4) is 0 Å². The van der Waals surface area contributed by atoms with Gasteiger partial charge in [-0.15, -0.1) is 0 Å². The molecule has 1 saturated carbocycles. The Morgan fingerprint density at radius 3 is 2.76 bits per heavy atom. The summed E-state index contributed by atoms with van der Waals surface area (Å²) in [5.41, 5.74) is 0.821. The first kappa shape index (κ1) is 13.8. The fraction of sp³-hybridized carbons (Fsp3) is 0.375. The SMILES string of the molecule is O=C(Cc1cc(-c2ccccc2)on1)NCC1(O)CCC1. The van der Waals surface area contributed by atoms with Gasteiger partial charge in [0.15, 0.2) is 5.76 Å². The van der Waals surface area contributed by atoms with E-state index in [1.807, 2.05) is 30.3 Å². The molecule has 1 amide bonds. The van der Waals surface area contributed by atoms with Crippen LogP contribution in [0.4, 0.5) is 0 Å². The normalized spacial score (nSPS) is 16.2. The van der Waals surface area contributed by atoms with E-state index in [0.717, 1.165) is 24.8 Å². The number of amides is 1. The van der Waals surface area contributed by atoms with E-state index in [0.29, 0.717) is 18.0 Å². The summed E-state index contributed by atoms with van der Waals surface area (Å²) in [7, 11) is 0. The van der Waals surface area contributed by atoms with Crippen LogP contribution in [0.2, 0.25) is 0 Å². The van der Waals surface area contributed by atoms with Crippen LogP contribution in [0, 0.1) is 0 Å². The second-order valence-corrected chi connectivity index (χ2v) is 5.58. The number of rotatable bonds is 5. The van der Waals surface area contributed by atoms with Crippen LogP contribution in [0.15, 0.2) is 40.9 Å². The number of aliphatic hydroxyl groups is 1. The number of carbonyl (C=O) groups excluding carboxylic acids is 1. The first-order chi connectivity index (χ1) is 10.1. The van der Waals surface area contributed by atoms with Crippen molar-refractivity contribution in [1.29, 1.82) is 0 Å². The van der Waals surface area contributed by atoms with Gasteiger partial charge < -0.3 is 14.9 Å². The third-order valence-electron chi connectivity index (χ3n) is 3.86. The molecule has 0 unspecified atom stereocenters. The highest BCUT2D eigenvalue weighted by molar-refractivity contribution is 5.78. The van der Waals surface area contributed by atoms with Crippen molar-refractivity contribution in [2.24, 2.45) is 0 Å². The molecule has 2 N–H and O–H groups in total. The smallest absolute Gasteiger partial charge is 0.226 e. The molecule has 0 aliphatic heterocycles. The van der Waals surface area contributed by atoms with Gasteiger partial charge in [0.2, 0.25) is 5.91 Å². The summed E-state index contributed by atoms with van der Waals surface area (Å²) >= 11 is 0. The summed E-state index contributed by atoms with van der Waals surface area (Å²) in [4.78, 5) is 11.8. The molecule has 0 atom stereocenters. The molecule has 1 heterocycles. The highest BCUT2D eigenvalue weighted by Crippen LogP contribution is 2.30. The summed E-state index contributed by atoms with van der Waals surface area (Å²) in [5.74, 6) is 0.499. The minimum atomic E-state index is -0.700. The number of aromatic nitrogens is 1. The Morgan fingerprint density at radius 2 is 2.10 bits per heavy atom. The molecule has 2 aromatic rings. The van der Waals surface area contributed by atoms with E-state index in [4.69, 9.17) is 4.52 Å². The van der Waals surface area contributed by atoms with Crippen LogP contribution in [0.25, 0.3) is 11.3 Å². The molecule has 5 heteroatoms. The molecular formula is C16H18N2O3. The van der Waals surface area contributed by atoms with Crippen LogP contribution in [0.5, 0.6) is 0 Å². The molecule has 1 aliphatic rings. The van der Waals surface area contributed by atoms with Crippen LogP contribution in [-0.2, 0) is 11.2 Å². The third-order valence-corrected chi connectivity index (χ3v) is 3.86. The highest BCUT2D eigenvalue weighted by atomic mass is 16.5. The van der Waals surface area contributed by atoms with Crippen molar-refractivity contribution in [2.75, 3.05) is 6.54 Å². The van der Waals surface area contributed by atoms with Gasteiger partial charge in [0.25, 0.3) is 0 Å². The molecule has 5 nitrogen and oxygen atoms in total. The Morgan fingerprint density at radius 1 is 1.33 bits per heavy atom. The third kappa shape index (κ3) is 3.31. The monoisotopic (exact) mass is 286 g/mol. The summed E-state index contributed by atoms with van der Waals surface area (Å²) in [6.45, 7) is 0.315. The molecule has 110 valence electrons. The summed E-state index contributed by atoms with van der Waals surface area (Å²) in [6.07, 6.45) is 2.70. The maximum Gasteiger partial charge on any atom is 0.226 e. The average molecular weight is 286 g/mol. The second kappa shape index (κ2) is 5.69. The van der Waals surface area contributed by atoms with Gasteiger partial charge in [-0.2, -0.15) is 0 Å². The van der Waals surface area contributed by atoms with E-state index in [9.17, 15) is 9.90 Å².